The quantitative estimate of drug-likeness (QED) is 0.611. The molecule has 0 atom stereocenters. The zero-order chi connectivity index (χ0) is 18.0. The second-order valence-corrected chi connectivity index (χ2v) is 6.56. The van der Waals surface area contributed by atoms with Crippen LogP contribution in [0.3, 0.4) is 0 Å². The van der Waals surface area contributed by atoms with Crippen LogP contribution in [0.25, 0.3) is 6.08 Å². The minimum absolute atomic E-state index is 0.0651. The molecule has 0 aromatic heterocycles. The van der Waals surface area contributed by atoms with Crippen LogP contribution in [0.1, 0.15) is 11.1 Å². The van der Waals surface area contributed by atoms with Gasteiger partial charge in [0.05, 0.1) is 15.4 Å². The molecular formula is C15H10F3NO4S. The highest BCUT2D eigenvalue weighted by molar-refractivity contribution is 7.94. The Balaban J connectivity index is 2.29. The molecule has 0 radical (unpaired) electrons. The number of nitro groups is 1. The van der Waals surface area contributed by atoms with Gasteiger partial charge in [-0.2, -0.15) is 13.2 Å². The Kier molecular flexibility index (Phi) is 4.74. The van der Waals surface area contributed by atoms with Crippen molar-refractivity contribution in [2.24, 2.45) is 0 Å². The zero-order valence-corrected chi connectivity index (χ0v) is 12.7. The van der Waals surface area contributed by atoms with Gasteiger partial charge in [-0.05, 0) is 35.9 Å². The molecule has 2 aromatic rings. The third-order valence-electron chi connectivity index (χ3n) is 3.03. The van der Waals surface area contributed by atoms with Gasteiger partial charge in [0.15, 0.2) is 9.84 Å². The van der Waals surface area contributed by atoms with Crippen molar-refractivity contribution < 1.29 is 26.5 Å². The minimum Gasteiger partial charge on any atom is -0.258 e. The van der Waals surface area contributed by atoms with Crippen molar-refractivity contribution >= 4 is 21.6 Å². The summed E-state index contributed by atoms with van der Waals surface area (Å²) in [6.45, 7) is 0. The van der Waals surface area contributed by atoms with Crippen molar-refractivity contribution in [3.63, 3.8) is 0 Å². The molecule has 0 bridgehead atoms. The van der Waals surface area contributed by atoms with E-state index in [0.717, 1.165) is 47.9 Å². The molecule has 0 heterocycles. The highest BCUT2D eigenvalue weighted by atomic mass is 32.2. The molecule has 2 aromatic carbocycles. The van der Waals surface area contributed by atoms with E-state index in [1.807, 2.05) is 0 Å². The predicted octanol–water partition coefficient (Wildman–Crippen LogP) is 4.06. The topological polar surface area (TPSA) is 77.3 Å². The molecular weight excluding hydrogens is 347 g/mol. The van der Waals surface area contributed by atoms with Crippen molar-refractivity contribution in [2.45, 2.75) is 11.1 Å². The van der Waals surface area contributed by atoms with Gasteiger partial charge in [-0.25, -0.2) is 8.42 Å². The normalized spacial score (nSPS) is 12.5. The lowest BCUT2D eigenvalue weighted by molar-refractivity contribution is -0.384. The molecule has 0 N–H and O–H groups in total. The van der Waals surface area contributed by atoms with Crippen LogP contribution in [0.4, 0.5) is 18.9 Å². The molecule has 24 heavy (non-hydrogen) atoms. The van der Waals surface area contributed by atoms with Crippen molar-refractivity contribution in [1.29, 1.82) is 0 Å². The van der Waals surface area contributed by atoms with E-state index in [0.29, 0.717) is 0 Å². The smallest absolute Gasteiger partial charge is 0.258 e. The van der Waals surface area contributed by atoms with Crippen molar-refractivity contribution in [3.05, 3.63) is 75.2 Å². The van der Waals surface area contributed by atoms with Crippen molar-refractivity contribution in [2.75, 3.05) is 0 Å². The maximum absolute atomic E-state index is 12.6. The first-order valence-corrected chi connectivity index (χ1v) is 7.99. The molecule has 0 aliphatic carbocycles. The highest BCUT2D eigenvalue weighted by Crippen LogP contribution is 2.30. The molecule has 0 spiro atoms. The molecule has 0 aliphatic rings. The van der Waals surface area contributed by atoms with Crippen LogP contribution < -0.4 is 0 Å². The Morgan fingerprint density at radius 3 is 2.21 bits per heavy atom. The minimum atomic E-state index is -4.53. The van der Waals surface area contributed by atoms with E-state index in [4.69, 9.17) is 0 Å². The third kappa shape index (κ3) is 4.19. The molecule has 9 heteroatoms. The molecule has 5 nitrogen and oxygen atoms in total. The maximum atomic E-state index is 12.6. The number of benzene rings is 2. The van der Waals surface area contributed by atoms with E-state index in [-0.39, 0.29) is 16.1 Å². The first kappa shape index (κ1) is 17.7. The van der Waals surface area contributed by atoms with Gasteiger partial charge in [0, 0.05) is 17.5 Å². The monoisotopic (exact) mass is 357 g/mol. The van der Waals surface area contributed by atoms with Gasteiger partial charge >= 0.3 is 6.18 Å². The Hall–Kier alpha value is -2.68. The molecule has 2 rings (SSSR count). The lowest BCUT2D eigenvalue weighted by atomic mass is 10.1. The summed E-state index contributed by atoms with van der Waals surface area (Å²) in [6, 6.07) is 8.38. The van der Waals surface area contributed by atoms with E-state index >= 15 is 0 Å². The van der Waals surface area contributed by atoms with E-state index < -0.39 is 26.5 Å². The van der Waals surface area contributed by atoms with Crippen molar-refractivity contribution in [3.8, 4) is 0 Å². The van der Waals surface area contributed by atoms with Crippen molar-refractivity contribution in [1.82, 2.24) is 0 Å². The van der Waals surface area contributed by atoms with Crippen LogP contribution in [0, 0.1) is 10.1 Å². The second-order valence-electron chi connectivity index (χ2n) is 4.72. The number of rotatable bonds is 4. The summed E-state index contributed by atoms with van der Waals surface area (Å²) in [5.74, 6) is 0. The van der Waals surface area contributed by atoms with Crippen LogP contribution in [-0.2, 0) is 16.0 Å². The third-order valence-corrected chi connectivity index (χ3v) is 4.45. The first-order chi connectivity index (χ1) is 11.1. The van der Waals surface area contributed by atoms with E-state index in [2.05, 4.69) is 0 Å². The summed E-state index contributed by atoms with van der Waals surface area (Å²) >= 11 is 0. The Morgan fingerprint density at radius 2 is 1.67 bits per heavy atom. The zero-order valence-electron chi connectivity index (χ0n) is 11.9. The molecule has 0 amide bonds. The fourth-order valence-corrected chi connectivity index (χ4v) is 2.83. The van der Waals surface area contributed by atoms with Crippen LogP contribution in [0.15, 0.2) is 58.8 Å². The number of nitrogens with zero attached hydrogens (tertiary/aromatic N) is 1. The van der Waals surface area contributed by atoms with E-state index in [1.165, 1.54) is 12.1 Å². The first-order valence-electron chi connectivity index (χ1n) is 6.44. The molecule has 0 aliphatic heterocycles. The van der Waals surface area contributed by atoms with E-state index in [1.54, 1.807) is 0 Å². The van der Waals surface area contributed by atoms with Gasteiger partial charge in [-0.3, -0.25) is 10.1 Å². The van der Waals surface area contributed by atoms with Gasteiger partial charge in [0.2, 0.25) is 0 Å². The van der Waals surface area contributed by atoms with Gasteiger partial charge in [0.1, 0.15) is 0 Å². The summed E-state index contributed by atoms with van der Waals surface area (Å²) in [5.41, 5.74) is -1.09. The lowest BCUT2D eigenvalue weighted by Crippen LogP contribution is -2.04. The highest BCUT2D eigenvalue weighted by Gasteiger charge is 2.30. The summed E-state index contributed by atoms with van der Waals surface area (Å²) in [5, 5.41) is 11.3. The van der Waals surface area contributed by atoms with Crippen LogP contribution in [0.2, 0.25) is 0 Å². The maximum Gasteiger partial charge on any atom is 0.416 e. The predicted molar refractivity (Wildman–Crippen MR) is 80.8 cm³/mol. The number of hydrogen-bond acceptors (Lipinski definition) is 4. The molecule has 0 unspecified atom stereocenters. The SMILES string of the molecule is O=[N+]([O-])c1ccc(S(=O)(=O)/C=C/c2cccc(C(F)(F)F)c2)cc1. The second kappa shape index (κ2) is 6.44. The standard InChI is InChI=1S/C15H10F3NO4S/c16-15(17,18)12-3-1-2-11(10-12)8-9-24(22,23)14-6-4-13(5-7-14)19(20)21/h1-10H/b9-8+. The average molecular weight is 357 g/mol. The largest absolute Gasteiger partial charge is 0.416 e. The van der Waals surface area contributed by atoms with Gasteiger partial charge in [-0.1, -0.05) is 12.1 Å². The fourth-order valence-electron chi connectivity index (χ4n) is 1.82. The molecule has 0 saturated carbocycles. The number of alkyl halides is 3. The Labute approximate surface area is 135 Å². The Morgan fingerprint density at radius 1 is 1.04 bits per heavy atom. The number of halogens is 3. The van der Waals surface area contributed by atoms with Gasteiger partial charge in [0.25, 0.3) is 5.69 Å². The summed E-state index contributed by atoms with van der Waals surface area (Å²) in [6.07, 6.45) is -3.49. The molecule has 0 saturated heterocycles. The van der Waals surface area contributed by atoms with Crippen LogP contribution in [-0.4, -0.2) is 13.3 Å². The number of hydrogen-bond donors (Lipinski definition) is 0. The molecule has 126 valence electrons. The summed E-state index contributed by atoms with van der Waals surface area (Å²) in [7, 11) is -3.93. The number of nitro benzene ring substituents is 1. The lowest BCUT2D eigenvalue weighted by Gasteiger charge is -2.06. The van der Waals surface area contributed by atoms with E-state index in [9.17, 15) is 31.7 Å². The van der Waals surface area contributed by atoms with Crippen LogP contribution >= 0.6 is 0 Å². The number of sulfone groups is 1. The molecule has 0 fully saturated rings. The van der Waals surface area contributed by atoms with Gasteiger partial charge < -0.3 is 0 Å². The number of non-ortho nitro benzene ring substituents is 1. The summed E-state index contributed by atoms with van der Waals surface area (Å²) in [4.78, 5) is 9.67. The van der Waals surface area contributed by atoms with Gasteiger partial charge in [-0.15, -0.1) is 0 Å². The summed E-state index contributed by atoms with van der Waals surface area (Å²) < 4.78 is 62.0. The van der Waals surface area contributed by atoms with Crippen LogP contribution in [0.5, 0.6) is 0 Å². The Bertz CT molecular complexity index is 888. The average Bonchev–Trinajstić information content (AvgIpc) is 2.52. The fraction of sp³-hybridized carbons (Fsp3) is 0.0667.